The van der Waals surface area contributed by atoms with Crippen LogP contribution >= 0.6 is 23.2 Å². The van der Waals surface area contributed by atoms with E-state index in [4.69, 9.17) is 23.2 Å². The molecule has 0 saturated carbocycles. The fraction of sp³-hybridized carbons (Fsp3) is 0.391. The number of nitrogens with one attached hydrogen (secondary N) is 1. The van der Waals surface area contributed by atoms with E-state index in [0.29, 0.717) is 16.5 Å². The Kier molecular flexibility index (Phi) is 5.96. The molecule has 0 aliphatic carbocycles. The van der Waals surface area contributed by atoms with Crippen molar-refractivity contribution in [3.63, 3.8) is 0 Å². The highest BCUT2D eigenvalue weighted by molar-refractivity contribution is 6.30. The molecule has 1 aliphatic heterocycles. The van der Waals surface area contributed by atoms with Gasteiger partial charge in [-0.15, -0.1) is 0 Å². The Morgan fingerprint density at radius 3 is 2.34 bits per heavy atom. The average molecular weight is 431 g/mol. The quantitative estimate of drug-likeness (QED) is 0.680. The topological polar surface area (TPSA) is 73.1 Å². The zero-order valence-corrected chi connectivity index (χ0v) is 18.1. The summed E-state index contributed by atoms with van der Waals surface area (Å²) in [4.78, 5) is 12.2. The highest BCUT2D eigenvalue weighted by atomic mass is 35.5. The molecular weight excluding hydrogens is 407 g/mol. The summed E-state index contributed by atoms with van der Waals surface area (Å²) >= 11 is 12.3. The first-order chi connectivity index (χ1) is 13.6. The van der Waals surface area contributed by atoms with E-state index in [2.05, 4.69) is 32.2 Å². The number of benzene rings is 2. The minimum atomic E-state index is -1.09. The number of halogens is 2. The van der Waals surface area contributed by atoms with Crippen molar-refractivity contribution in [2.75, 3.05) is 0 Å². The predicted octanol–water partition coefficient (Wildman–Crippen LogP) is 5.40. The zero-order chi connectivity index (χ0) is 21.4. The Balaban J connectivity index is 2.28. The van der Waals surface area contributed by atoms with Gasteiger partial charge in [0.05, 0.1) is 6.07 Å². The van der Waals surface area contributed by atoms with Gasteiger partial charge in [0, 0.05) is 22.0 Å². The van der Waals surface area contributed by atoms with Gasteiger partial charge in [0.1, 0.15) is 11.5 Å². The minimum Gasteiger partial charge on any atom is -0.480 e. The van der Waals surface area contributed by atoms with Gasteiger partial charge in [-0.25, -0.2) is 0 Å². The zero-order valence-electron chi connectivity index (χ0n) is 16.6. The van der Waals surface area contributed by atoms with E-state index in [-0.39, 0.29) is 11.5 Å². The molecule has 4 atom stereocenters. The van der Waals surface area contributed by atoms with Crippen LogP contribution in [0.2, 0.25) is 10.0 Å². The SMILES string of the molecule is CC(C)(C)CC1NC(C(=O)O)C(c2cccc(Cl)c2)[C@@]1(C#N)c1ccc(Cl)cc1. The lowest BCUT2D eigenvalue weighted by Gasteiger charge is -2.37. The molecule has 1 saturated heterocycles. The van der Waals surface area contributed by atoms with Gasteiger partial charge in [-0.3, -0.25) is 10.1 Å². The van der Waals surface area contributed by atoms with E-state index >= 15 is 0 Å². The van der Waals surface area contributed by atoms with Crippen LogP contribution in [-0.2, 0) is 10.2 Å². The molecule has 2 N–H and O–H groups in total. The van der Waals surface area contributed by atoms with Crippen LogP contribution in [0.3, 0.4) is 0 Å². The van der Waals surface area contributed by atoms with Crippen LogP contribution in [0.25, 0.3) is 0 Å². The molecule has 0 bridgehead atoms. The van der Waals surface area contributed by atoms with E-state index < -0.39 is 23.3 Å². The number of carboxylic acids is 1. The Hall–Kier alpha value is -2.06. The van der Waals surface area contributed by atoms with Gasteiger partial charge in [0.2, 0.25) is 0 Å². The number of hydrogen-bond donors (Lipinski definition) is 2. The van der Waals surface area contributed by atoms with Gasteiger partial charge < -0.3 is 5.11 Å². The summed E-state index contributed by atoms with van der Waals surface area (Å²) in [6.45, 7) is 6.25. The van der Waals surface area contributed by atoms with Crippen LogP contribution in [-0.4, -0.2) is 23.2 Å². The number of carboxylic acid groups (broad SMARTS) is 1. The average Bonchev–Trinajstić information content (AvgIpc) is 2.96. The monoisotopic (exact) mass is 430 g/mol. The van der Waals surface area contributed by atoms with Crippen LogP contribution in [0, 0.1) is 16.7 Å². The first-order valence-corrected chi connectivity index (χ1v) is 10.3. The number of hydrogen-bond acceptors (Lipinski definition) is 3. The third kappa shape index (κ3) is 4.14. The molecule has 3 rings (SSSR count). The van der Waals surface area contributed by atoms with Gasteiger partial charge in [0.25, 0.3) is 0 Å². The molecule has 4 nitrogen and oxygen atoms in total. The van der Waals surface area contributed by atoms with Gasteiger partial charge in [-0.2, -0.15) is 5.26 Å². The Bertz CT molecular complexity index is 947. The molecular formula is C23H24Cl2N2O2. The number of aliphatic carboxylic acids is 1. The molecule has 3 unspecified atom stereocenters. The summed E-state index contributed by atoms with van der Waals surface area (Å²) in [5.41, 5.74) is 0.273. The molecule has 6 heteroatoms. The summed E-state index contributed by atoms with van der Waals surface area (Å²) < 4.78 is 0. The molecule has 1 aliphatic rings. The van der Waals surface area contributed by atoms with Gasteiger partial charge in [0.15, 0.2) is 0 Å². The van der Waals surface area contributed by atoms with E-state index in [9.17, 15) is 15.2 Å². The van der Waals surface area contributed by atoms with Crippen molar-refractivity contribution >= 4 is 29.2 Å². The molecule has 0 amide bonds. The van der Waals surface area contributed by atoms with Crippen molar-refractivity contribution in [3.8, 4) is 6.07 Å². The van der Waals surface area contributed by atoms with E-state index in [1.807, 2.05) is 18.2 Å². The molecule has 0 spiro atoms. The van der Waals surface area contributed by atoms with E-state index in [0.717, 1.165) is 11.1 Å². The number of carbonyl (C=O) groups is 1. The maximum absolute atomic E-state index is 12.2. The smallest absolute Gasteiger partial charge is 0.321 e. The van der Waals surface area contributed by atoms with Crippen molar-refractivity contribution in [3.05, 3.63) is 69.7 Å². The predicted molar refractivity (Wildman–Crippen MR) is 115 cm³/mol. The maximum Gasteiger partial charge on any atom is 0.321 e. The van der Waals surface area contributed by atoms with Crippen molar-refractivity contribution in [1.29, 1.82) is 5.26 Å². The summed E-state index contributed by atoms with van der Waals surface area (Å²) in [5.74, 6) is -1.60. The van der Waals surface area contributed by atoms with Crippen LogP contribution in [0.15, 0.2) is 48.5 Å². The van der Waals surface area contributed by atoms with E-state index in [1.165, 1.54) is 0 Å². The lowest BCUT2D eigenvalue weighted by atomic mass is 9.63. The van der Waals surface area contributed by atoms with Crippen molar-refractivity contribution in [1.82, 2.24) is 5.32 Å². The third-order valence-corrected chi connectivity index (χ3v) is 6.04. The molecule has 0 radical (unpaired) electrons. The second-order valence-corrected chi connectivity index (χ2v) is 9.69. The number of nitriles is 1. The second kappa shape index (κ2) is 7.99. The van der Waals surface area contributed by atoms with Gasteiger partial charge >= 0.3 is 5.97 Å². The molecule has 1 fully saturated rings. The van der Waals surface area contributed by atoms with Crippen LogP contribution in [0.5, 0.6) is 0 Å². The molecule has 2 aromatic rings. The third-order valence-electron chi connectivity index (χ3n) is 5.55. The molecule has 29 heavy (non-hydrogen) atoms. The fourth-order valence-electron chi connectivity index (χ4n) is 4.44. The standard InChI is InChI=1S/C23H24Cl2N2O2/c1-22(2,3)12-18-23(13-26,15-7-9-16(24)10-8-15)19(20(27-18)21(28)29)14-5-4-6-17(25)11-14/h4-11,18-20,27H,12H2,1-3H3,(H,28,29)/t18?,19?,20?,23-/m0/s1. The second-order valence-electron chi connectivity index (χ2n) is 8.82. The highest BCUT2D eigenvalue weighted by Crippen LogP contribution is 2.51. The number of rotatable bonds is 4. The maximum atomic E-state index is 12.2. The summed E-state index contributed by atoms with van der Waals surface area (Å²) in [7, 11) is 0. The number of nitrogens with zero attached hydrogens (tertiary/aromatic N) is 1. The van der Waals surface area contributed by atoms with Crippen molar-refractivity contribution in [2.45, 2.75) is 50.6 Å². The largest absolute Gasteiger partial charge is 0.480 e. The van der Waals surface area contributed by atoms with Crippen molar-refractivity contribution in [2.24, 2.45) is 5.41 Å². The lowest BCUT2D eigenvalue weighted by molar-refractivity contribution is -0.139. The van der Waals surface area contributed by atoms with Crippen LogP contribution in [0.4, 0.5) is 0 Å². The Morgan fingerprint density at radius 2 is 1.83 bits per heavy atom. The lowest BCUT2D eigenvalue weighted by Crippen LogP contribution is -2.44. The normalized spacial score (nSPS) is 26.8. The molecule has 0 aromatic heterocycles. The highest BCUT2D eigenvalue weighted by Gasteiger charge is 2.59. The Labute approximate surface area is 181 Å². The van der Waals surface area contributed by atoms with Gasteiger partial charge in [-0.1, -0.05) is 68.2 Å². The van der Waals surface area contributed by atoms with E-state index in [1.54, 1.807) is 30.3 Å². The molecule has 1 heterocycles. The Morgan fingerprint density at radius 1 is 1.17 bits per heavy atom. The fourth-order valence-corrected chi connectivity index (χ4v) is 4.77. The molecule has 2 aromatic carbocycles. The summed E-state index contributed by atoms with van der Waals surface area (Å²) in [6, 6.07) is 15.5. The molecule has 152 valence electrons. The van der Waals surface area contributed by atoms with Gasteiger partial charge in [-0.05, 0) is 47.2 Å². The van der Waals surface area contributed by atoms with Crippen molar-refractivity contribution < 1.29 is 9.90 Å². The first kappa shape index (κ1) is 21.6. The summed E-state index contributed by atoms with van der Waals surface area (Å²) in [6.07, 6.45) is 0.629. The summed E-state index contributed by atoms with van der Waals surface area (Å²) in [5, 5.41) is 24.9. The minimum absolute atomic E-state index is 0.113. The van der Waals surface area contributed by atoms with Crippen LogP contribution < -0.4 is 5.32 Å². The first-order valence-electron chi connectivity index (χ1n) is 9.50. The van der Waals surface area contributed by atoms with Crippen LogP contribution in [0.1, 0.15) is 44.2 Å².